The molecule has 0 bridgehead atoms. The Bertz CT molecular complexity index is 1010. The van der Waals surface area contributed by atoms with Crippen LogP contribution in [0.1, 0.15) is 15.9 Å². The van der Waals surface area contributed by atoms with Gasteiger partial charge in [-0.15, -0.1) is 0 Å². The van der Waals surface area contributed by atoms with Crippen molar-refractivity contribution in [3.8, 4) is 0 Å². The van der Waals surface area contributed by atoms with Gasteiger partial charge in [0.1, 0.15) is 0 Å². The largest absolute Gasteiger partial charge is 0.325 e. The van der Waals surface area contributed by atoms with Crippen molar-refractivity contribution in [2.75, 3.05) is 43.4 Å². The van der Waals surface area contributed by atoms with Crippen molar-refractivity contribution < 1.29 is 9.59 Å². The molecule has 2 amide bonds. The number of carbonyl (C=O) groups excluding carboxylic acids is 2. The molecule has 0 unspecified atom stereocenters. The molecule has 4 rings (SSSR count). The molecule has 0 aliphatic carbocycles. The monoisotopic (exact) mass is 428 g/mol. The molecule has 1 aliphatic rings. The highest BCUT2D eigenvalue weighted by Crippen LogP contribution is 2.13. The third-order valence-corrected chi connectivity index (χ3v) is 5.54. The summed E-state index contributed by atoms with van der Waals surface area (Å²) < 4.78 is 0. The van der Waals surface area contributed by atoms with E-state index in [-0.39, 0.29) is 11.8 Å². The van der Waals surface area contributed by atoms with E-state index in [1.807, 2.05) is 84.9 Å². The van der Waals surface area contributed by atoms with Gasteiger partial charge in [-0.2, -0.15) is 0 Å². The Morgan fingerprint density at radius 1 is 0.656 bits per heavy atom. The standard InChI is InChI=1S/C26H28N4O2/c31-25(27-23-7-3-1-4-8-23)20-30-17-15-29(16-18-30)19-21-11-13-22(14-12-21)26(32)28-24-9-5-2-6-10-24/h1-14H,15-20H2,(H,27,31)(H,28,32). The van der Waals surface area contributed by atoms with Crippen LogP contribution >= 0.6 is 0 Å². The highest BCUT2D eigenvalue weighted by molar-refractivity contribution is 6.04. The number of para-hydroxylation sites is 2. The fourth-order valence-corrected chi connectivity index (χ4v) is 3.78. The third-order valence-electron chi connectivity index (χ3n) is 5.54. The molecule has 0 atom stereocenters. The van der Waals surface area contributed by atoms with Gasteiger partial charge in [0.2, 0.25) is 5.91 Å². The number of benzene rings is 3. The lowest BCUT2D eigenvalue weighted by Gasteiger charge is -2.34. The van der Waals surface area contributed by atoms with E-state index in [2.05, 4.69) is 20.4 Å². The van der Waals surface area contributed by atoms with Gasteiger partial charge < -0.3 is 10.6 Å². The molecule has 3 aromatic rings. The number of hydrogen-bond donors (Lipinski definition) is 2. The summed E-state index contributed by atoms with van der Waals surface area (Å²) in [6, 6.07) is 26.8. The first-order valence-corrected chi connectivity index (χ1v) is 10.9. The minimum absolute atomic E-state index is 0.0222. The summed E-state index contributed by atoms with van der Waals surface area (Å²) in [4.78, 5) is 29.2. The molecule has 6 nitrogen and oxygen atoms in total. The average molecular weight is 429 g/mol. The number of rotatable bonds is 7. The average Bonchev–Trinajstić information content (AvgIpc) is 2.82. The molecule has 6 heteroatoms. The summed E-state index contributed by atoms with van der Waals surface area (Å²) in [5.74, 6) is -0.0841. The normalized spacial score (nSPS) is 14.6. The van der Waals surface area contributed by atoms with Crippen LogP contribution in [0.25, 0.3) is 0 Å². The Morgan fingerprint density at radius 2 is 1.19 bits per heavy atom. The molecule has 0 spiro atoms. The molecule has 3 aromatic carbocycles. The third kappa shape index (κ3) is 6.26. The minimum Gasteiger partial charge on any atom is -0.325 e. The topological polar surface area (TPSA) is 64.7 Å². The smallest absolute Gasteiger partial charge is 0.255 e. The van der Waals surface area contributed by atoms with Crippen LogP contribution in [0, 0.1) is 0 Å². The molecule has 32 heavy (non-hydrogen) atoms. The SMILES string of the molecule is O=C(CN1CCN(Cc2ccc(C(=O)Nc3ccccc3)cc2)CC1)Nc1ccccc1. The van der Waals surface area contributed by atoms with Gasteiger partial charge in [-0.3, -0.25) is 19.4 Å². The number of nitrogens with one attached hydrogen (secondary N) is 2. The van der Waals surface area contributed by atoms with E-state index in [1.54, 1.807) is 0 Å². The van der Waals surface area contributed by atoms with Crippen molar-refractivity contribution in [1.29, 1.82) is 0 Å². The van der Waals surface area contributed by atoms with Crippen molar-refractivity contribution in [3.63, 3.8) is 0 Å². The van der Waals surface area contributed by atoms with Crippen molar-refractivity contribution in [2.45, 2.75) is 6.54 Å². The van der Waals surface area contributed by atoms with E-state index in [4.69, 9.17) is 0 Å². The second-order valence-electron chi connectivity index (χ2n) is 7.98. The van der Waals surface area contributed by atoms with E-state index >= 15 is 0 Å². The van der Waals surface area contributed by atoms with Crippen molar-refractivity contribution in [1.82, 2.24) is 9.80 Å². The number of nitrogens with zero attached hydrogens (tertiary/aromatic N) is 2. The highest BCUT2D eigenvalue weighted by Gasteiger charge is 2.19. The van der Waals surface area contributed by atoms with Gasteiger partial charge in [0, 0.05) is 49.7 Å². The summed E-state index contributed by atoms with van der Waals surface area (Å²) in [5, 5.41) is 5.85. The lowest BCUT2D eigenvalue weighted by atomic mass is 10.1. The molecular formula is C26H28N4O2. The second-order valence-corrected chi connectivity index (χ2v) is 7.98. The van der Waals surface area contributed by atoms with Crippen LogP contribution in [-0.2, 0) is 11.3 Å². The molecule has 0 saturated carbocycles. The highest BCUT2D eigenvalue weighted by atomic mass is 16.2. The van der Waals surface area contributed by atoms with E-state index in [9.17, 15) is 9.59 Å². The maximum atomic E-state index is 12.4. The summed E-state index contributed by atoms with van der Waals surface area (Å²) in [7, 11) is 0. The van der Waals surface area contributed by atoms with Crippen LogP contribution in [0.3, 0.4) is 0 Å². The number of amides is 2. The zero-order valence-electron chi connectivity index (χ0n) is 18.0. The van der Waals surface area contributed by atoms with Crippen molar-refractivity contribution in [3.05, 3.63) is 96.1 Å². The van der Waals surface area contributed by atoms with Crippen LogP contribution < -0.4 is 10.6 Å². The first-order valence-electron chi connectivity index (χ1n) is 10.9. The molecule has 2 N–H and O–H groups in total. The quantitative estimate of drug-likeness (QED) is 0.602. The van der Waals surface area contributed by atoms with Crippen molar-refractivity contribution in [2.24, 2.45) is 0 Å². The Morgan fingerprint density at radius 3 is 1.78 bits per heavy atom. The lowest BCUT2D eigenvalue weighted by Crippen LogP contribution is -2.48. The van der Waals surface area contributed by atoms with E-state index < -0.39 is 0 Å². The molecule has 1 aliphatic heterocycles. The summed E-state index contributed by atoms with van der Waals surface area (Å²) >= 11 is 0. The van der Waals surface area contributed by atoms with E-state index in [0.29, 0.717) is 12.1 Å². The second kappa shape index (κ2) is 10.7. The van der Waals surface area contributed by atoms with Gasteiger partial charge in [0.15, 0.2) is 0 Å². The minimum atomic E-state index is -0.106. The zero-order chi connectivity index (χ0) is 22.2. The summed E-state index contributed by atoms with van der Waals surface area (Å²) in [6.45, 7) is 4.79. The maximum Gasteiger partial charge on any atom is 0.255 e. The van der Waals surface area contributed by atoms with Gasteiger partial charge in [-0.05, 0) is 42.0 Å². The van der Waals surface area contributed by atoms with Crippen LogP contribution in [-0.4, -0.2) is 54.3 Å². The molecule has 0 radical (unpaired) electrons. The van der Waals surface area contributed by atoms with Crippen LogP contribution in [0.5, 0.6) is 0 Å². The summed E-state index contributed by atoms with van der Waals surface area (Å²) in [6.07, 6.45) is 0. The number of piperazine rings is 1. The first-order chi connectivity index (χ1) is 15.7. The van der Waals surface area contributed by atoms with Gasteiger partial charge in [0.25, 0.3) is 5.91 Å². The molecule has 164 valence electrons. The molecule has 1 saturated heterocycles. The van der Waals surface area contributed by atoms with Gasteiger partial charge in [-0.25, -0.2) is 0 Å². The lowest BCUT2D eigenvalue weighted by molar-refractivity contribution is -0.117. The van der Waals surface area contributed by atoms with Gasteiger partial charge >= 0.3 is 0 Å². The molecule has 1 fully saturated rings. The number of hydrogen-bond acceptors (Lipinski definition) is 4. The summed E-state index contributed by atoms with van der Waals surface area (Å²) in [5.41, 5.74) is 3.44. The fourth-order valence-electron chi connectivity index (χ4n) is 3.78. The molecule has 0 aromatic heterocycles. The van der Waals surface area contributed by atoms with Crippen LogP contribution in [0.4, 0.5) is 11.4 Å². The Balaban J connectivity index is 1.21. The number of carbonyl (C=O) groups is 2. The molecule has 1 heterocycles. The van der Waals surface area contributed by atoms with Gasteiger partial charge in [0.05, 0.1) is 6.54 Å². The van der Waals surface area contributed by atoms with E-state index in [0.717, 1.165) is 44.1 Å². The predicted octanol–water partition coefficient (Wildman–Crippen LogP) is 3.70. The first kappa shape index (κ1) is 21.7. The Hall–Kier alpha value is -3.48. The van der Waals surface area contributed by atoms with Crippen LogP contribution in [0.15, 0.2) is 84.9 Å². The predicted molar refractivity (Wildman–Crippen MR) is 128 cm³/mol. The van der Waals surface area contributed by atoms with Gasteiger partial charge in [-0.1, -0.05) is 48.5 Å². The Labute approximate surface area is 188 Å². The van der Waals surface area contributed by atoms with Crippen LogP contribution in [0.2, 0.25) is 0 Å². The maximum absolute atomic E-state index is 12.4. The Kier molecular flexibility index (Phi) is 7.27. The van der Waals surface area contributed by atoms with Crippen molar-refractivity contribution >= 4 is 23.2 Å². The zero-order valence-corrected chi connectivity index (χ0v) is 18.0. The number of anilines is 2. The molecular weight excluding hydrogens is 400 g/mol. The van der Waals surface area contributed by atoms with E-state index in [1.165, 1.54) is 5.56 Å². The fraction of sp³-hybridized carbons (Fsp3) is 0.231.